The fourth-order valence-electron chi connectivity index (χ4n) is 3.39. The Morgan fingerprint density at radius 3 is 1.50 bits per heavy atom. The van der Waals surface area contributed by atoms with Crippen LogP contribution in [0.15, 0.2) is 54.6 Å². The zero-order valence-corrected chi connectivity index (χ0v) is 18.6. The van der Waals surface area contributed by atoms with Crippen LogP contribution in [0.4, 0.5) is 0 Å². The molecule has 0 radical (unpaired) electrons. The second kappa shape index (κ2) is 9.87. The van der Waals surface area contributed by atoms with Crippen LogP contribution >= 0.6 is 0 Å². The summed E-state index contributed by atoms with van der Waals surface area (Å²) in [5.41, 5.74) is 0.761. The first-order chi connectivity index (χ1) is 15.5. The zero-order valence-electron chi connectivity index (χ0n) is 18.6. The van der Waals surface area contributed by atoms with Crippen LogP contribution in [0, 0.1) is 0 Å². The Bertz CT molecular complexity index is 1150. The van der Waals surface area contributed by atoms with Gasteiger partial charge in [0.25, 0.3) is 0 Å². The summed E-state index contributed by atoms with van der Waals surface area (Å²) in [6, 6.07) is 14.6. The molecule has 0 atom stereocenters. The van der Waals surface area contributed by atoms with E-state index >= 15 is 0 Å². The first-order valence-corrected chi connectivity index (χ1v) is 9.69. The van der Waals surface area contributed by atoms with E-state index in [1.54, 1.807) is 54.6 Å². The second-order valence-corrected chi connectivity index (χ2v) is 6.67. The van der Waals surface area contributed by atoms with Gasteiger partial charge in [0.2, 0.25) is 5.78 Å². The Kier molecular flexibility index (Phi) is 7.00. The molecule has 0 aromatic heterocycles. The highest BCUT2D eigenvalue weighted by Gasteiger charge is 2.27. The topological polar surface area (TPSA) is 80.3 Å². The second-order valence-electron chi connectivity index (χ2n) is 6.67. The maximum absolute atomic E-state index is 13.7. The molecule has 166 valence electrons. The van der Waals surface area contributed by atoms with Gasteiger partial charge in [0.1, 0.15) is 28.7 Å². The predicted molar refractivity (Wildman–Crippen MR) is 119 cm³/mol. The lowest BCUT2D eigenvalue weighted by Crippen LogP contribution is -2.14. The van der Waals surface area contributed by atoms with Crippen LogP contribution in [0.2, 0.25) is 0 Å². The number of carbonyl (C=O) groups excluding carboxylic acids is 2. The average Bonchev–Trinajstić information content (AvgIpc) is 2.86. The van der Waals surface area contributed by atoms with Gasteiger partial charge in [0.15, 0.2) is 5.78 Å². The lowest BCUT2D eigenvalue weighted by Gasteiger charge is -2.16. The van der Waals surface area contributed by atoms with Crippen molar-refractivity contribution in [2.75, 3.05) is 35.5 Å². The van der Waals surface area contributed by atoms with Crippen LogP contribution in [0.5, 0.6) is 28.7 Å². The van der Waals surface area contributed by atoms with Gasteiger partial charge in [-0.2, -0.15) is 0 Å². The van der Waals surface area contributed by atoms with Crippen LogP contribution in [-0.2, 0) is 0 Å². The molecule has 7 nitrogen and oxygen atoms in total. The van der Waals surface area contributed by atoms with Crippen molar-refractivity contribution in [3.63, 3.8) is 0 Å². The van der Waals surface area contributed by atoms with E-state index in [9.17, 15) is 9.59 Å². The molecule has 3 aromatic rings. The van der Waals surface area contributed by atoms with E-state index in [0.717, 1.165) is 0 Å². The number of ether oxygens (including phenoxy) is 5. The van der Waals surface area contributed by atoms with Crippen LogP contribution < -0.4 is 23.7 Å². The summed E-state index contributed by atoms with van der Waals surface area (Å²) in [6.45, 7) is 0. The first-order valence-electron chi connectivity index (χ1n) is 9.69. The highest BCUT2D eigenvalue weighted by atomic mass is 16.5. The summed E-state index contributed by atoms with van der Waals surface area (Å²) in [6.07, 6.45) is 0. The van der Waals surface area contributed by atoms with Gasteiger partial charge < -0.3 is 23.7 Å². The monoisotopic (exact) mass is 436 g/mol. The minimum atomic E-state index is -0.441. The molecule has 0 fully saturated rings. The standard InChI is InChI=1S/C25H24O7/c1-28-15-9-11-20(30-3)18(13-15)24(26)17-7-6-8-22(32-5)23(17)25(27)19-14-16(29-2)10-12-21(19)31-4/h6-14H,1-5H3. The van der Waals surface area contributed by atoms with Gasteiger partial charge in [0, 0.05) is 5.56 Å². The molecule has 0 unspecified atom stereocenters. The normalized spacial score (nSPS) is 10.3. The summed E-state index contributed by atoms with van der Waals surface area (Å²) in [5, 5.41) is 0. The quantitative estimate of drug-likeness (QED) is 0.465. The Labute approximate surface area is 186 Å². The number of hydrogen-bond donors (Lipinski definition) is 0. The van der Waals surface area contributed by atoms with Crippen molar-refractivity contribution < 1.29 is 33.3 Å². The fraction of sp³-hybridized carbons (Fsp3) is 0.200. The van der Waals surface area contributed by atoms with E-state index in [2.05, 4.69) is 0 Å². The molecule has 0 saturated carbocycles. The minimum absolute atomic E-state index is 0.108. The molecule has 0 aliphatic rings. The third kappa shape index (κ3) is 4.23. The van der Waals surface area contributed by atoms with E-state index in [1.807, 2.05) is 0 Å². The van der Waals surface area contributed by atoms with Gasteiger partial charge >= 0.3 is 0 Å². The summed E-state index contributed by atoms with van der Waals surface area (Å²) < 4.78 is 26.7. The van der Waals surface area contributed by atoms with Gasteiger partial charge in [-0.1, -0.05) is 12.1 Å². The molecule has 0 spiro atoms. The molecule has 0 aliphatic carbocycles. The molecular formula is C25H24O7. The van der Waals surface area contributed by atoms with E-state index in [4.69, 9.17) is 23.7 Å². The molecule has 3 rings (SSSR count). The third-order valence-electron chi connectivity index (χ3n) is 5.02. The van der Waals surface area contributed by atoms with Crippen molar-refractivity contribution in [2.45, 2.75) is 0 Å². The molecule has 3 aromatic carbocycles. The molecule has 0 bridgehead atoms. The summed E-state index contributed by atoms with van der Waals surface area (Å²) >= 11 is 0. The Hall–Kier alpha value is -4.00. The highest BCUT2D eigenvalue weighted by Crippen LogP contribution is 2.34. The highest BCUT2D eigenvalue weighted by molar-refractivity contribution is 6.22. The Balaban J connectivity index is 2.22. The SMILES string of the molecule is COc1ccc(OC)c(C(=O)c2cccc(OC)c2C(=O)c2cc(OC)ccc2OC)c1. The maximum atomic E-state index is 13.7. The van der Waals surface area contributed by atoms with Crippen LogP contribution in [0.1, 0.15) is 31.8 Å². The molecule has 0 N–H and O–H groups in total. The summed E-state index contributed by atoms with van der Waals surface area (Å²) in [4.78, 5) is 27.3. The average molecular weight is 436 g/mol. The van der Waals surface area contributed by atoms with Crippen molar-refractivity contribution in [1.82, 2.24) is 0 Å². The number of hydrogen-bond acceptors (Lipinski definition) is 7. The molecule has 0 heterocycles. The van der Waals surface area contributed by atoms with Crippen molar-refractivity contribution in [3.05, 3.63) is 76.9 Å². The zero-order chi connectivity index (χ0) is 23.3. The largest absolute Gasteiger partial charge is 0.497 e. The first kappa shape index (κ1) is 22.7. The number of ketones is 2. The van der Waals surface area contributed by atoms with Crippen LogP contribution in [0.25, 0.3) is 0 Å². The van der Waals surface area contributed by atoms with Crippen molar-refractivity contribution in [3.8, 4) is 28.7 Å². The maximum Gasteiger partial charge on any atom is 0.201 e. The number of rotatable bonds is 9. The van der Waals surface area contributed by atoms with Crippen molar-refractivity contribution in [2.24, 2.45) is 0 Å². The van der Waals surface area contributed by atoms with Gasteiger partial charge in [0.05, 0.1) is 52.2 Å². The number of benzene rings is 3. The molecule has 0 aliphatic heterocycles. The molecule has 0 saturated heterocycles. The smallest absolute Gasteiger partial charge is 0.201 e. The summed E-state index contributed by atoms with van der Waals surface area (Å²) in [7, 11) is 7.38. The van der Waals surface area contributed by atoms with Gasteiger partial charge in [-0.05, 0) is 42.5 Å². The van der Waals surface area contributed by atoms with Crippen molar-refractivity contribution in [1.29, 1.82) is 0 Å². The predicted octanol–water partition coefficient (Wildman–Crippen LogP) is 4.19. The van der Waals surface area contributed by atoms with Crippen LogP contribution in [0.3, 0.4) is 0 Å². The van der Waals surface area contributed by atoms with Gasteiger partial charge in [-0.25, -0.2) is 0 Å². The van der Waals surface area contributed by atoms with Crippen molar-refractivity contribution >= 4 is 11.6 Å². The molecular weight excluding hydrogens is 412 g/mol. The minimum Gasteiger partial charge on any atom is -0.497 e. The van der Waals surface area contributed by atoms with E-state index in [-0.39, 0.29) is 28.0 Å². The molecule has 32 heavy (non-hydrogen) atoms. The number of carbonyl (C=O) groups is 2. The van der Waals surface area contributed by atoms with E-state index < -0.39 is 11.6 Å². The van der Waals surface area contributed by atoms with E-state index in [1.165, 1.54) is 35.5 Å². The third-order valence-corrected chi connectivity index (χ3v) is 5.02. The summed E-state index contributed by atoms with van der Waals surface area (Å²) in [5.74, 6) is 1.07. The van der Waals surface area contributed by atoms with Gasteiger partial charge in [-0.15, -0.1) is 0 Å². The Morgan fingerprint density at radius 1 is 0.531 bits per heavy atom. The van der Waals surface area contributed by atoms with Gasteiger partial charge in [-0.3, -0.25) is 9.59 Å². The lowest BCUT2D eigenvalue weighted by molar-refractivity contribution is 0.0997. The Morgan fingerprint density at radius 2 is 1.03 bits per heavy atom. The van der Waals surface area contributed by atoms with E-state index in [0.29, 0.717) is 23.0 Å². The molecule has 0 amide bonds. The number of methoxy groups -OCH3 is 5. The fourth-order valence-corrected chi connectivity index (χ4v) is 3.39. The molecule has 7 heteroatoms. The lowest BCUT2D eigenvalue weighted by atomic mass is 9.91. The van der Waals surface area contributed by atoms with Crippen LogP contribution in [-0.4, -0.2) is 47.1 Å².